The molecule has 4 heterocycles. The van der Waals surface area contributed by atoms with Crippen molar-refractivity contribution in [2.24, 2.45) is 0 Å². The number of hydrogen-bond donors (Lipinski definition) is 3. The van der Waals surface area contributed by atoms with E-state index in [2.05, 4.69) is 70.3 Å². The number of aliphatic hydroxyl groups excluding tert-OH is 1. The highest BCUT2D eigenvalue weighted by Gasteiger charge is 2.84. The van der Waals surface area contributed by atoms with Crippen LogP contribution < -0.4 is 11.3 Å². The van der Waals surface area contributed by atoms with Crippen molar-refractivity contribution in [3.05, 3.63) is 16.7 Å². The van der Waals surface area contributed by atoms with Crippen molar-refractivity contribution >= 4 is 34.2 Å². The molecule has 194 valence electrons. The Hall–Kier alpha value is -1.62. The molecule has 2 aliphatic heterocycles. The predicted octanol–water partition coefficient (Wildman–Crippen LogP) is 2.67. The Morgan fingerprint density at radius 3 is 2.23 bits per heavy atom. The maximum absolute atomic E-state index is 12.3. The van der Waals surface area contributed by atoms with Gasteiger partial charge in [0.1, 0.15) is 23.9 Å². The van der Waals surface area contributed by atoms with Crippen molar-refractivity contribution in [1.82, 2.24) is 19.5 Å². The number of aromatic nitrogens is 4. The molecule has 0 aromatic carbocycles. The summed E-state index contributed by atoms with van der Waals surface area (Å²) in [5.41, 5.74) is 5.30. The molecule has 0 radical (unpaired) electrons. The molecule has 2 aromatic rings. The summed E-state index contributed by atoms with van der Waals surface area (Å²) in [6.07, 6.45) is -1.36. The lowest BCUT2D eigenvalue weighted by Gasteiger charge is -2.47. The number of fused-ring (bicyclic) bond motifs is 2. The molecule has 3 aliphatic rings. The number of aliphatic hydroxyl groups is 1. The van der Waals surface area contributed by atoms with Crippen molar-refractivity contribution < 1.29 is 22.8 Å². The average molecular weight is 524 g/mol. The Balaban J connectivity index is 1.61. The van der Waals surface area contributed by atoms with E-state index in [4.69, 9.17) is 23.4 Å². The summed E-state index contributed by atoms with van der Waals surface area (Å²) in [4.78, 5) is 23.1. The molecule has 5 atom stereocenters. The Morgan fingerprint density at radius 2 is 1.66 bits per heavy atom. The van der Waals surface area contributed by atoms with Gasteiger partial charge in [-0.3, -0.25) is 14.3 Å². The van der Waals surface area contributed by atoms with Crippen LogP contribution in [0, 0.1) is 0 Å². The molecule has 0 amide bonds. The number of rotatable bonds is 5. The van der Waals surface area contributed by atoms with E-state index in [1.54, 1.807) is 4.57 Å². The standard InChI is InChI=1S/C22H37N5O6Si2/c1-10(2)34(11(3)4)31-17-16-22(17,32-35(33-34,12(5)6)13(7)8)15(28)20(30-16)27-9-24-14-18(27)25-21(23)26-19(14)29/h9-13,15-17,20,28H,1-8H3,(H3,23,25,26,29)/t15-,16-,17?,20-,22+/m1/s1. The first-order valence-corrected chi connectivity index (χ1v) is 16.4. The van der Waals surface area contributed by atoms with Gasteiger partial charge in [0.15, 0.2) is 17.4 Å². The van der Waals surface area contributed by atoms with Crippen LogP contribution in [0.1, 0.15) is 61.6 Å². The zero-order valence-corrected chi connectivity index (χ0v) is 23.6. The molecule has 3 fully saturated rings. The first kappa shape index (κ1) is 25.1. The average Bonchev–Trinajstić information content (AvgIpc) is 2.99. The first-order chi connectivity index (χ1) is 16.3. The minimum absolute atomic E-state index is 0.0314. The number of nitrogens with zero attached hydrogens (tertiary/aromatic N) is 3. The van der Waals surface area contributed by atoms with E-state index in [1.165, 1.54) is 6.33 Å². The van der Waals surface area contributed by atoms with Crippen LogP contribution >= 0.6 is 0 Å². The van der Waals surface area contributed by atoms with Crippen LogP contribution in [0.5, 0.6) is 0 Å². The van der Waals surface area contributed by atoms with Crippen molar-refractivity contribution in [2.75, 3.05) is 5.73 Å². The SMILES string of the molecule is CC(C)[Si]1(C(C)C)OC2[C@H]3O[C@@H](n4cnc5c(=O)[nH]c(N)nc54)[C@@H](O)[C@@]23O[Si](C(C)C)(C(C)C)O1. The molecule has 1 aliphatic carbocycles. The zero-order valence-electron chi connectivity index (χ0n) is 21.6. The Morgan fingerprint density at radius 1 is 1.06 bits per heavy atom. The summed E-state index contributed by atoms with van der Waals surface area (Å²) in [7, 11) is -5.68. The maximum Gasteiger partial charge on any atom is 0.335 e. The highest BCUT2D eigenvalue weighted by Crippen LogP contribution is 2.64. The highest BCUT2D eigenvalue weighted by molar-refractivity contribution is 6.84. The molecule has 13 heteroatoms. The normalized spacial score (nSPS) is 33.5. The summed E-state index contributed by atoms with van der Waals surface area (Å²) < 4.78 is 29.1. The van der Waals surface area contributed by atoms with E-state index in [0.29, 0.717) is 0 Å². The number of anilines is 1. The molecule has 1 spiro atoms. The van der Waals surface area contributed by atoms with Crippen LogP contribution in [0.15, 0.2) is 11.1 Å². The van der Waals surface area contributed by atoms with Crippen LogP contribution in [0.3, 0.4) is 0 Å². The van der Waals surface area contributed by atoms with Gasteiger partial charge in [0.2, 0.25) is 5.95 Å². The van der Waals surface area contributed by atoms with E-state index in [9.17, 15) is 9.90 Å². The number of H-pyrrole nitrogens is 1. The number of imidazole rings is 1. The summed E-state index contributed by atoms with van der Waals surface area (Å²) in [5.74, 6) is -0.0314. The molecule has 2 saturated heterocycles. The second-order valence-electron chi connectivity index (χ2n) is 11.3. The number of hydrogen-bond acceptors (Lipinski definition) is 9. The molecule has 0 bridgehead atoms. The van der Waals surface area contributed by atoms with Crippen molar-refractivity contribution in [1.29, 1.82) is 0 Å². The highest BCUT2D eigenvalue weighted by atomic mass is 28.5. The number of aromatic amines is 1. The van der Waals surface area contributed by atoms with Gasteiger partial charge < -0.3 is 28.5 Å². The molecular weight excluding hydrogens is 486 g/mol. The van der Waals surface area contributed by atoms with Gasteiger partial charge in [0.05, 0.1) is 6.33 Å². The first-order valence-electron chi connectivity index (χ1n) is 12.5. The largest absolute Gasteiger partial charge is 0.414 e. The monoisotopic (exact) mass is 523 g/mol. The van der Waals surface area contributed by atoms with Crippen molar-refractivity contribution in [3.8, 4) is 0 Å². The minimum atomic E-state index is -2.91. The molecule has 4 N–H and O–H groups in total. The molecule has 1 unspecified atom stereocenters. The van der Waals surface area contributed by atoms with Gasteiger partial charge in [-0.15, -0.1) is 0 Å². The van der Waals surface area contributed by atoms with E-state index >= 15 is 0 Å². The Bertz CT molecular complexity index is 1180. The summed E-state index contributed by atoms with van der Waals surface area (Å²) in [5, 5.41) is 11.8. The third-order valence-electron chi connectivity index (χ3n) is 7.98. The fourth-order valence-corrected chi connectivity index (χ4v) is 17.5. The van der Waals surface area contributed by atoms with E-state index < -0.39 is 52.8 Å². The van der Waals surface area contributed by atoms with Gasteiger partial charge >= 0.3 is 17.1 Å². The molecule has 2 aromatic heterocycles. The zero-order chi connectivity index (χ0) is 25.7. The number of nitrogen functional groups attached to an aromatic ring is 1. The maximum atomic E-state index is 12.3. The van der Waals surface area contributed by atoms with Gasteiger partial charge in [-0.05, 0) is 22.2 Å². The molecule has 1 saturated carbocycles. The quantitative estimate of drug-likeness (QED) is 0.503. The second-order valence-corrected chi connectivity index (χ2v) is 20.1. The van der Waals surface area contributed by atoms with Crippen LogP contribution in [0.4, 0.5) is 5.95 Å². The lowest BCUT2D eigenvalue weighted by atomic mass is 10.1. The number of nitrogens with two attached hydrogens (primary N) is 1. The fraction of sp³-hybridized carbons (Fsp3) is 0.773. The summed E-state index contributed by atoms with van der Waals surface area (Å²) in [6, 6.07) is 0. The smallest absolute Gasteiger partial charge is 0.335 e. The molecule has 5 rings (SSSR count). The van der Waals surface area contributed by atoms with Crippen LogP contribution in [-0.2, 0) is 17.7 Å². The van der Waals surface area contributed by atoms with Gasteiger partial charge in [-0.25, -0.2) is 4.98 Å². The van der Waals surface area contributed by atoms with Gasteiger partial charge in [-0.1, -0.05) is 55.4 Å². The number of nitrogens with one attached hydrogen (secondary N) is 1. The van der Waals surface area contributed by atoms with E-state index in [-0.39, 0.29) is 39.3 Å². The fourth-order valence-electron chi connectivity index (χ4n) is 6.04. The van der Waals surface area contributed by atoms with E-state index in [1.807, 2.05) is 0 Å². The van der Waals surface area contributed by atoms with Gasteiger partial charge in [0.25, 0.3) is 5.56 Å². The summed E-state index contributed by atoms with van der Waals surface area (Å²) in [6.45, 7) is 17.2. The topological polar surface area (TPSA) is 147 Å². The lowest BCUT2D eigenvalue weighted by molar-refractivity contribution is -0.0867. The third kappa shape index (κ3) is 3.22. The Labute approximate surface area is 206 Å². The summed E-state index contributed by atoms with van der Waals surface area (Å²) >= 11 is 0. The third-order valence-corrected chi connectivity index (χ3v) is 18.3. The van der Waals surface area contributed by atoms with Crippen molar-refractivity contribution in [2.45, 2.75) is 108 Å². The molecule has 35 heavy (non-hydrogen) atoms. The minimum Gasteiger partial charge on any atom is -0.414 e. The predicted molar refractivity (Wildman–Crippen MR) is 134 cm³/mol. The second kappa shape index (κ2) is 7.94. The van der Waals surface area contributed by atoms with Gasteiger partial charge in [0, 0.05) is 0 Å². The van der Waals surface area contributed by atoms with Crippen LogP contribution in [-0.4, -0.2) is 65.7 Å². The van der Waals surface area contributed by atoms with Gasteiger partial charge in [-0.2, -0.15) is 4.98 Å². The Kier molecular flexibility index (Phi) is 5.68. The molecular formula is C22H37N5O6Si2. The number of ether oxygens (including phenoxy) is 1. The van der Waals surface area contributed by atoms with Crippen molar-refractivity contribution in [3.63, 3.8) is 0 Å². The molecule has 11 nitrogen and oxygen atoms in total. The van der Waals surface area contributed by atoms with Crippen LogP contribution in [0.2, 0.25) is 22.2 Å². The van der Waals surface area contributed by atoms with Crippen LogP contribution in [0.25, 0.3) is 11.2 Å². The lowest BCUT2D eigenvalue weighted by Crippen LogP contribution is -2.61. The van der Waals surface area contributed by atoms with E-state index in [0.717, 1.165) is 0 Å².